The molecule has 5 rings (SSSR count). The van der Waals surface area contributed by atoms with Crippen molar-refractivity contribution >= 4 is 28.3 Å². The predicted molar refractivity (Wildman–Crippen MR) is 109 cm³/mol. The highest BCUT2D eigenvalue weighted by Gasteiger charge is 2.15. The number of fused-ring (bicyclic) bond motifs is 3. The molecule has 0 radical (unpaired) electrons. The van der Waals surface area contributed by atoms with Crippen LogP contribution in [0, 0.1) is 6.92 Å². The molecule has 7 heteroatoms. The average molecular weight is 389 g/mol. The summed E-state index contributed by atoms with van der Waals surface area (Å²) >= 11 is 6.18. The first-order valence-corrected chi connectivity index (χ1v) is 9.45. The van der Waals surface area contributed by atoms with Gasteiger partial charge in [-0.25, -0.2) is 19.2 Å². The van der Waals surface area contributed by atoms with Gasteiger partial charge in [0, 0.05) is 11.4 Å². The van der Waals surface area contributed by atoms with Crippen LogP contribution >= 0.6 is 11.6 Å². The van der Waals surface area contributed by atoms with Crippen molar-refractivity contribution < 1.29 is 0 Å². The molecule has 0 aliphatic rings. The van der Waals surface area contributed by atoms with Gasteiger partial charge in [-0.05, 0) is 36.6 Å². The molecule has 0 saturated carbocycles. The van der Waals surface area contributed by atoms with E-state index in [1.54, 1.807) is 21.7 Å². The van der Waals surface area contributed by atoms with Gasteiger partial charge in [0.25, 0.3) is 0 Å². The molecule has 0 spiro atoms. The minimum absolute atomic E-state index is 0.663. The van der Waals surface area contributed by atoms with Crippen molar-refractivity contribution in [3.63, 3.8) is 0 Å². The Morgan fingerprint density at radius 2 is 1.86 bits per heavy atom. The molecule has 5 aromatic rings. The number of rotatable bonds is 4. The van der Waals surface area contributed by atoms with E-state index in [0.717, 1.165) is 46.6 Å². The molecule has 0 aliphatic carbocycles. The lowest BCUT2D eigenvalue weighted by molar-refractivity contribution is 0.825. The normalized spacial score (nSPS) is 11.5. The fourth-order valence-electron chi connectivity index (χ4n) is 3.36. The Kier molecular flexibility index (Phi) is 4.06. The van der Waals surface area contributed by atoms with Gasteiger partial charge in [0.2, 0.25) is 0 Å². The lowest BCUT2D eigenvalue weighted by atomic mass is 10.1. The van der Waals surface area contributed by atoms with Crippen LogP contribution < -0.4 is 0 Å². The van der Waals surface area contributed by atoms with Gasteiger partial charge in [-0.15, -0.1) is 5.10 Å². The van der Waals surface area contributed by atoms with E-state index in [-0.39, 0.29) is 0 Å². The standard InChI is InChI=1S/C21H17ClN6/c1-14-7-9-16(22)11-18(14)28-20-17(12-24-28)21-25-19(26-27(21)13-23-20)10-8-15-5-3-2-4-6-15/h2-7,9,11-13H,8,10H2,1H3. The molecule has 0 N–H and O–H groups in total. The zero-order valence-electron chi connectivity index (χ0n) is 15.2. The van der Waals surface area contributed by atoms with Crippen molar-refractivity contribution in [1.29, 1.82) is 0 Å². The van der Waals surface area contributed by atoms with Crippen molar-refractivity contribution in [3.05, 3.63) is 83.0 Å². The van der Waals surface area contributed by atoms with E-state index < -0.39 is 0 Å². The second-order valence-corrected chi connectivity index (χ2v) is 7.19. The van der Waals surface area contributed by atoms with E-state index in [4.69, 9.17) is 16.6 Å². The van der Waals surface area contributed by atoms with Crippen LogP contribution in [-0.2, 0) is 12.8 Å². The summed E-state index contributed by atoms with van der Waals surface area (Å²) in [7, 11) is 0. The Bertz CT molecular complexity index is 1290. The molecule has 28 heavy (non-hydrogen) atoms. The number of nitrogens with zero attached hydrogens (tertiary/aromatic N) is 6. The highest BCUT2D eigenvalue weighted by atomic mass is 35.5. The highest BCUT2D eigenvalue weighted by Crippen LogP contribution is 2.24. The molecule has 0 fully saturated rings. The Morgan fingerprint density at radius 3 is 2.71 bits per heavy atom. The maximum Gasteiger partial charge on any atom is 0.170 e. The summed E-state index contributed by atoms with van der Waals surface area (Å²) in [6.07, 6.45) is 5.15. The van der Waals surface area contributed by atoms with Crippen molar-refractivity contribution in [2.75, 3.05) is 0 Å². The SMILES string of the molecule is Cc1ccc(Cl)cc1-n1ncc2c1ncn1nc(CCc3ccccc3)nc21. The van der Waals surface area contributed by atoms with Crippen LogP contribution in [0.2, 0.25) is 5.02 Å². The third-order valence-electron chi connectivity index (χ3n) is 4.83. The quantitative estimate of drug-likeness (QED) is 0.462. The maximum absolute atomic E-state index is 6.18. The Labute approximate surface area is 166 Å². The predicted octanol–water partition coefficient (Wildman–Crippen LogP) is 4.21. The zero-order valence-corrected chi connectivity index (χ0v) is 16.0. The molecule has 0 aliphatic heterocycles. The van der Waals surface area contributed by atoms with Crippen molar-refractivity contribution in [2.45, 2.75) is 19.8 Å². The minimum atomic E-state index is 0.663. The number of benzene rings is 2. The molecule has 138 valence electrons. The van der Waals surface area contributed by atoms with E-state index in [0.29, 0.717) is 5.02 Å². The topological polar surface area (TPSA) is 60.9 Å². The number of halogens is 1. The van der Waals surface area contributed by atoms with Crippen LogP contribution in [0.5, 0.6) is 0 Å². The summed E-state index contributed by atoms with van der Waals surface area (Å²) in [6, 6.07) is 16.1. The zero-order chi connectivity index (χ0) is 19.1. The molecule has 0 atom stereocenters. The lowest BCUT2D eigenvalue weighted by Gasteiger charge is -2.07. The second kappa shape index (κ2) is 6.73. The molecular formula is C21H17ClN6. The summed E-state index contributed by atoms with van der Waals surface area (Å²) in [5.74, 6) is 0.796. The van der Waals surface area contributed by atoms with Crippen LogP contribution in [0.1, 0.15) is 17.0 Å². The van der Waals surface area contributed by atoms with Crippen molar-refractivity contribution in [2.24, 2.45) is 0 Å². The van der Waals surface area contributed by atoms with Crippen LogP contribution in [0.25, 0.3) is 22.4 Å². The van der Waals surface area contributed by atoms with Gasteiger partial charge in [-0.2, -0.15) is 5.10 Å². The van der Waals surface area contributed by atoms with Crippen LogP contribution in [0.4, 0.5) is 0 Å². The Hall–Kier alpha value is -3.25. The van der Waals surface area contributed by atoms with Gasteiger partial charge >= 0.3 is 0 Å². The van der Waals surface area contributed by atoms with Gasteiger partial charge in [0.15, 0.2) is 17.1 Å². The fourth-order valence-corrected chi connectivity index (χ4v) is 3.53. The first-order valence-electron chi connectivity index (χ1n) is 9.07. The summed E-state index contributed by atoms with van der Waals surface area (Å²) in [6.45, 7) is 2.02. The minimum Gasteiger partial charge on any atom is -0.216 e. The van der Waals surface area contributed by atoms with E-state index >= 15 is 0 Å². The largest absolute Gasteiger partial charge is 0.216 e. The number of hydrogen-bond acceptors (Lipinski definition) is 4. The summed E-state index contributed by atoms with van der Waals surface area (Å²) in [4.78, 5) is 9.30. The van der Waals surface area contributed by atoms with E-state index in [2.05, 4.69) is 27.3 Å². The average Bonchev–Trinajstić information content (AvgIpc) is 3.32. The summed E-state index contributed by atoms with van der Waals surface area (Å²) in [5, 5.41) is 10.6. The number of aromatic nitrogens is 6. The van der Waals surface area contributed by atoms with E-state index in [1.807, 2.05) is 43.3 Å². The van der Waals surface area contributed by atoms with Crippen molar-refractivity contribution in [1.82, 2.24) is 29.4 Å². The molecule has 0 saturated heterocycles. The maximum atomic E-state index is 6.18. The highest BCUT2D eigenvalue weighted by molar-refractivity contribution is 6.30. The molecule has 3 aromatic heterocycles. The first kappa shape index (κ1) is 16.9. The summed E-state index contributed by atoms with van der Waals surface area (Å²) in [5.41, 5.74) is 4.75. The molecule has 6 nitrogen and oxygen atoms in total. The van der Waals surface area contributed by atoms with Gasteiger partial charge in [0.1, 0.15) is 6.33 Å². The lowest BCUT2D eigenvalue weighted by Crippen LogP contribution is -2.01. The third-order valence-corrected chi connectivity index (χ3v) is 5.06. The van der Waals surface area contributed by atoms with Crippen molar-refractivity contribution in [3.8, 4) is 5.69 Å². The second-order valence-electron chi connectivity index (χ2n) is 6.75. The Morgan fingerprint density at radius 1 is 1.00 bits per heavy atom. The first-order chi connectivity index (χ1) is 13.7. The number of hydrogen-bond donors (Lipinski definition) is 0. The van der Waals surface area contributed by atoms with Gasteiger partial charge in [-0.3, -0.25) is 0 Å². The Balaban J connectivity index is 1.54. The van der Waals surface area contributed by atoms with Gasteiger partial charge in [-0.1, -0.05) is 48.0 Å². The van der Waals surface area contributed by atoms with Gasteiger partial charge < -0.3 is 0 Å². The number of aryl methyl sites for hydroxylation is 3. The van der Waals surface area contributed by atoms with Crippen LogP contribution in [0.15, 0.2) is 61.1 Å². The molecule has 2 aromatic carbocycles. The molecule has 3 heterocycles. The monoisotopic (exact) mass is 388 g/mol. The molecule has 0 amide bonds. The smallest absolute Gasteiger partial charge is 0.170 e. The molecule has 0 bridgehead atoms. The van der Waals surface area contributed by atoms with E-state index in [9.17, 15) is 0 Å². The van der Waals surface area contributed by atoms with Gasteiger partial charge in [0.05, 0.1) is 17.3 Å². The molecular weight excluding hydrogens is 372 g/mol. The summed E-state index contributed by atoms with van der Waals surface area (Å²) < 4.78 is 3.52. The van der Waals surface area contributed by atoms with Crippen LogP contribution in [-0.4, -0.2) is 29.4 Å². The fraction of sp³-hybridized carbons (Fsp3) is 0.143. The molecule has 0 unspecified atom stereocenters. The van der Waals surface area contributed by atoms with Crippen LogP contribution in [0.3, 0.4) is 0 Å². The van der Waals surface area contributed by atoms with E-state index in [1.165, 1.54) is 5.56 Å². The third kappa shape index (κ3) is 2.92.